The van der Waals surface area contributed by atoms with Crippen LogP contribution in [0.4, 0.5) is 0 Å². The third kappa shape index (κ3) is 4.31. The van der Waals surface area contributed by atoms with Gasteiger partial charge in [0.1, 0.15) is 4.83 Å². The fourth-order valence-electron chi connectivity index (χ4n) is 3.58. The molecule has 158 valence electrons. The van der Waals surface area contributed by atoms with Crippen LogP contribution in [0.15, 0.2) is 34.2 Å². The lowest BCUT2D eigenvalue weighted by Crippen LogP contribution is -2.33. The number of benzene rings is 1. The number of aromatic nitrogens is 2. The molecular weight excluding hydrogens is 418 g/mol. The lowest BCUT2D eigenvalue weighted by atomic mass is 10.2. The number of hydrogen-bond donors (Lipinski definition) is 1. The zero-order valence-electron chi connectivity index (χ0n) is 17.4. The third-order valence-corrected chi connectivity index (χ3v) is 7.35. The van der Waals surface area contributed by atoms with Crippen LogP contribution in [0, 0.1) is 20.8 Å². The second kappa shape index (κ2) is 8.91. The number of hydrogen-bond acceptors (Lipinski definition) is 6. The molecule has 1 aromatic carbocycles. The number of thioether (sulfide) groups is 1. The number of carbonyl (C=O) groups excluding carboxylic acids is 1. The predicted molar refractivity (Wildman–Crippen MR) is 122 cm³/mol. The maximum Gasteiger partial charge on any atom is 0.267 e. The van der Waals surface area contributed by atoms with Crippen LogP contribution in [0.1, 0.15) is 28.8 Å². The summed E-state index contributed by atoms with van der Waals surface area (Å²) in [5.41, 5.74) is 2.71. The number of amides is 1. The number of ether oxygens (including phenoxy) is 1. The molecule has 0 spiro atoms. The lowest BCUT2D eigenvalue weighted by molar-refractivity contribution is -0.119. The van der Waals surface area contributed by atoms with E-state index in [9.17, 15) is 9.59 Å². The maximum absolute atomic E-state index is 13.4. The molecular formula is C22H25N3O3S2. The molecule has 1 amide bonds. The number of nitrogens with one attached hydrogen (secondary N) is 1. The molecule has 3 aromatic rings. The van der Waals surface area contributed by atoms with Gasteiger partial charge in [-0.25, -0.2) is 4.98 Å². The van der Waals surface area contributed by atoms with Crippen molar-refractivity contribution in [2.75, 3.05) is 18.9 Å². The first-order valence-corrected chi connectivity index (χ1v) is 11.8. The Hall–Kier alpha value is -2.16. The van der Waals surface area contributed by atoms with Crippen molar-refractivity contribution in [3.05, 3.63) is 50.6 Å². The van der Waals surface area contributed by atoms with E-state index in [1.807, 2.05) is 45.0 Å². The molecule has 8 heteroatoms. The Morgan fingerprint density at radius 3 is 2.93 bits per heavy atom. The smallest absolute Gasteiger partial charge is 0.267 e. The van der Waals surface area contributed by atoms with Gasteiger partial charge in [-0.1, -0.05) is 23.9 Å². The maximum atomic E-state index is 13.4. The molecule has 0 aliphatic carbocycles. The molecule has 1 aliphatic heterocycles. The minimum Gasteiger partial charge on any atom is -0.376 e. The van der Waals surface area contributed by atoms with Gasteiger partial charge in [-0.15, -0.1) is 11.3 Å². The van der Waals surface area contributed by atoms with Gasteiger partial charge < -0.3 is 10.1 Å². The summed E-state index contributed by atoms with van der Waals surface area (Å²) in [6, 6.07) is 7.78. The zero-order chi connectivity index (χ0) is 21.3. The molecule has 30 heavy (non-hydrogen) atoms. The summed E-state index contributed by atoms with van der Waals surface area (Å²) in [7, 11) is 0. The Morgan fingerprint density at radius 1 is 1.37 bits per heavy atom. The van der Waals surface area contributed by atoms with Gasteiger partial charge >= 0.3 is 0 Å². The number of fused-ring (bicyclic) bond motifs is 1. The number of thiophene rings is 1. The summed E-state index contributed by atoms with van der Waals surface area (Å²) in [6.45, 7) is 7.25. The first-order chi connectivity index (χ1) is 14.4. The molecule has 1 fully saturated rings. The largest absolute Gasteiger partial charge is 0.376 e. The molecule has 3 heterocycles. The molecule has 1 N–H and O–H groups in total. The van der Waals surface area contributed by atoms with Crippen LogP contribution in [0.5, 0.6) is 0 Å². The van der Waals surface area contributed by atoms with Crippen LogP contribution in [0.2, 0.25) is 0 Å². The number of rotatable bonds is 6. The van der Waals surface area contributed by atoms with Crippen LogP contribution in [0.3, 0.4) is 0 Å². The van der Waals surface area contributed by atoms with Crippen molar-refractivity contribution in [1.29, 1.82) is 0 Å². The Morgan fingerprint density at radius 2 is 2.20 bits per heavy atom. The molecule has 1 aliphatic rings. The summed E-state index contributed by atoms with van der Waals surface area (Å²) in [5.74, 6) is 0.110. The molecule has 0 saturated carbocycles. The van der Waals surface area contributed by atoms with Gasteiger partial charge in [-0.3, -0.25) is 14.2 Å². The van der Waals surface area contributed by atoms with Crippen molar-refractivity contribution in [1.82, 2.24) is 14.9 Å². The van der Waals surface area contributed by atoms with Crippen LogP contribution in [0.25, 0.3) is 15.9 Å². The highest BCUT2D eigenvalue weighted by molar-refractivity contribution is 7.99. The Kier molecular flexibility index (Phi) is 6.26. The average Bonchev–Trinajstić information content (AvgIpc) is 3.33. The molecule has 0 bridgehead atoms. The molecule has 0 radical (unpaired) electrons. The van der Waals surface area contributed by atoms with Crippen molar-refractivity contribution in [3.63, 3.8) is 0 Å². The van der Waals surface area contributed by atoms with Gasteiger partial charge in [-0.05, 0) is 56.9 Å². The van der Waals surface area contributed by atoms with E-state index in [4.69, 9.17) is 9.72 Å². The summed E-state index contributed by atoms with van der Waals surface area (Å²) in [5, 5.41) is 4.12. The predicted octanol–water partition coefficient (Wildman–Crippen LogP) is 3.76. The van der Waals surface area contributed by atoms with E-state index in [1.54, 1.807) is 4.57 Å². The van der Waals surface area contributed by atoms with Gasteiger partial charge in [0, 0.05) is 18.0 Å². The van der Waals surface area contributed by atoms with E-state index >= 15 is 0 Å². The van der Waals surface area contributed by atoms with Crippen molar-refractivity contribution >= 4 is 39.2 Å². The van der Waals surface area contributed by atoms with Crippen LogP contribution < -0.4 is 10.9 Å². The van der Waals surface area contributed by atoms with Gasteiger partial charge in [0.15, 0.2) is 5.16 Å². The topological polar surface area (TPSA) is 73.2 Å². The number of aryl methyl sites for hydroxylation is 3. The van der Waals surface area contributed by atoms with E-state index in [-0.39, 0.29) is 23.3 Å². The van der Waals surface area contributed by atoms with E-state index in [0.29, 0.717) is 17.1 Å². The summed E-state index contributed by atoms with van der Waals surface area (Å²) in [4.78, 5) is 32.4. The zero-order valence-corrected chi connectivity index (χ0v) is 19.0. The summed E-state index contributed by atoms with van der Waals surface area (Å²) in [6.07, 6.45) is 2.13. The highest BCUT2D eigenvalue weighted by atomic mass is 32.2. The minimum atomic E-state index is -0.0882. The highest BCUT2D eigenvalue weighted by Crippen LogP contribution is 2.29. The lowest BCUT2D eigenvalue weighted by Gasteiger charge is -2.14. The Balaban J connectivity index is 1.64. The van der Waals surface area contributed by atoms with Crippen LogP contribution in [-0.2, 0) is 9.53 Å². The SMILES string of the molecule is Cc1cccc(-n2c(SCC(=O)NC[C@@H]3CCCO3)nc3sc(C)c(C)c3c2=O)c1. The van der Waals surface area contributed by atoms with Gasteiger partial charge in [-0.2, -0.15) is 0 Å². The van der Waals surface area contributed by atoms with Crippen molar-refractivity contribution in [2.45, 2.75) is 44.9 Å². The van der Waals surface area contributed by atoms with E-state index in [1.165, 1.54) is 23.1 Å². The monoisotopic (exact) mass is 443 g/mol. The van der Waals surface area contributed by atoms with Crippen LogP contribution in [-0.4, -0.2) is 40.5 Å². The molecule has 1 saturated heterocycles. The molecule has 2 aromatic heterocycles. The first-order valence-electron chi connectivity index (χ1n) is 10.0. The second-order valence-electron chi connectivity index (χ2n) is 7.57. The van der Waals surface area contributed by atoms with E-state index in [0.717, 1.165) is 46.0 Å². The highest BCUT2D eigenvalue weighted by Gasteiger charge is 2.20. The van der Waals surface area contributed by atoms with Gasteiger partial charge in [0.25, 0.3) is 5.56 Å². The van der Waals surface area contributed by atoms with E-state index < -0.39 is 0 Å². The fraction of sp³-hybridized carbons (Fsp3) is 0.409. The average molecular weight is 444 g/mol. The van der Waals surface area contributed by atoms with E-state index in [2.05, 4.69) is 5.32 Å². The normalized spacial score (nSPS) is 16.3. The van der Waals surface area contributed by atoms with Gasteiger partial charge in [0.2, 0.25) is 5.91 Å². The number of carbonyl (C=O) groups is 1. The Labute approximate surface area is 183 Å². The number of nitrogens with zero attached hydrogens (tertiary/aromatic N) is 2. The molecule has 4 rings (SSSR count). The minimum absolute atomic E-state index is 0.0841. The summed E-state index contributed by atoms with van der Waals surface area (Å²) < 4.78 is 7.19. The van der Waals surface area contributed by atoms with Crippen molar-refractivity contribution in [3.8, 4) is 5.69 Å². The van der Waals surface area contributed by atoms with Crippen LogP contribution >= 0.6 is 23.1 Å². The van der Waals surface area contributed by atoms with Gasteiger partial charge in [0.05, 0.1) is 22.9 Å². The molecule has 6 nitrogen and oxygen atoms in total. The van der Waals surface area contributed by atoms with Crippen molar-refractivity contribution < 1.29 is 9.53 Å². The first kappa shape index (κ1) is 21.1. The third-order valence-electron chi connectivity index (χ3n) is 5.32. The fourth-order valence-corrected chi connectivity index (χ4v) is 5.49. The standard InChI is InChI=1S/C22H25N3O3S2/c1-13-6-4-7-16(10-13)25-21(27)19-14(2)15(3)30-20(19)24-22(25)29-12-18(26)23-11-17-8-5-9-28-17/h4,6-7,10,17H,5,8-9,11-12H2,1-3H3,(H,23,26)/t17-/m0/s1. The summed E-state index contributed by atoms with van der Waals surface area (Å²) >= 11 is 2.81. The molecule has 0 unspecified atom stereocenters. The Bertz CT molecular complexity index is 1150. The van der Waals surface area contributed by atoms with Crippen molar-refractivity contribution in [2.24, 2.45) is 0 Å². The quantitative estimate of drug-likeness (QED) is 0.464. The second-order valence-corrected chi connectivity index (χ2v) is 9.71. The molecule has 1 atom stereocenters.